The summed E-state index contributed by atoms with van der Waals surface area (Å²) in [6.45, 7) is 6.40. The molecule has 3 nitrogen and oxygen atoms in total. The van der Waals surface area contributed by atoms with Crippen molar-refractivity contribution < 1.29 is 14.3 Å². The maximum atomic E-state index is 12.5. The minimum atomic E-state index is -0.247. The second-order valence-electron chi connectivity index (χ2n) is 9.89. The van der Waals surface area contributed by atoms with E-state index in [9.17, 15) is 4.79 Å². The van der Waals surface area contributed by atoms with Crippen LogP contribution in [0, 0.1) is 34.5 Å². The van der Waals surface area contributed by atoms with Crippen LogP contribution in [0.5, 0.6) is 0 Å². The second-order valence-corrected chi connectivity index (χ2v) is 9.89. The van der Waals surface area contributed by atoms with E-state index >= 15 is 0 Å². The van der Waals surface area contributed by atoms with Gasteiger partial charge >= 0.3 is 0 Å². The lowest BCUT2D eigenvalue weighted by molar-refractivity contribution is -0.228. The number of carbonyl (C=O) groups excluding carboxylic acids is 1. The molecule has 0 amide bonds. The van der Waals surface area contributed by atoms with Crippen molar-refractivity contribution in [3.63, 3.8) is 0 Å². The van der Waals surface area contributed by atoms with Gasteiger partial charge in [-0.1, -0.05) is 13.8 Å². The van der Waals surface area contributed by atoms with Crippen LogP contribution in [0.25, 0.3) is 0 Å². The van der Waals surface area contributed by atoms with Crippen LogP contribution < -0.4 is 0 Å². The molecule has 0 aromatic carbocycles. The van der Waals surface area contributed by atoms with Crippen LogP contribution in [-0.2, 0) is 14.3 Å². The molecule has 1 spiro atoms. The van der Waals surface area contributed by atoms with Gasteiger partial charge in [0.1, 0.15) is 5.78 Å². The van der Waals surface area contributed by atoms with Gasteiger partial charge in [-0.05, 0) is 67.6 Å². The molecule has 1 saturated heterocycles. The lowest BCUT2D eigenvalue weighted by Gasteiger charge is -2.61. The monoisotopic (exact) mass is 332 g/mol. The first kappa shape index (κ1) is 15.8. The molecule has 1 heterocycles. The minimum Gasteiger partial charge on any atom is -0.348 e. The molecule has 5 rings (SSSR count). The molecule has 0 aromatic heterocycles. The second kappa shape index (κ2) is 5.07. The maximum absolute atomic E-state index is 12.5. The molecule has 0 N–H and O–H groups in total. The number of carbonyl (C=O) groups is 1. The molecule has 134 valence electrons. The van der Waals surface area contributed by atoms with Crippen LogP contribution in [-0.4, -0.2) is 24.8 Å². The molecular formula is C21H32O3. The molecule has 0 radical (unpaired) electrons. The Morgan fingerprint density at radius 3 is 2.50 bits per heavy atom. The lowest BCUT2D eigenvalue weighted by Crippen LogP contribution is -2.56. The average Bonchev–Trinajstić information content (AvgIpc) is 3.14. The highest BCUT2D eigenvalue weighted by Crippen LogP contribution is 2.66. The third-order valence-corrected chi connectivity index (χ3v) is 9.19. The van der Waals surface area contributed by atoms with Gasteiger partial charge in [0.2, 0.25) is 0 Å². The number of fused-ring (bicyclic) bond motifs is 5. The molecule has 4 aliphatic carbocycles. The third-order valence-electron chi connectivity index (χ3n) is 9.19. The Labute approximate surface area is 145 Å². The molecule has 5 fully saturated rings. The van der Waals surface area contributed by atoms with Gasteiger partial charge in [0.15, 0.2) is 5.79 Å². The van der Waals surface area contributed by atoms with Gasteiger partial charge in [-0.2, -0.15) is 0 Å². The van der Waals surface area contributed by atoms with E-state index in [2.05, 4.69) is 13.8 Å². The highest BCUT2D eigenvalue weighted by atomic mass is 16.7. The fraction of sp³-hybridized carbons (Fsp3) is 0.952. The van der Waals surface area contributed by atoms with Crippen molar-refractivity contribution in [3.8, 4) is 0 Å². The SMILES string of the molecule is C[C@]12CCC3(C[C@@H]1CC[C@H]1[C@H]2CC[C@]2(C)C(=O)CC[C@H]12)OCCO3. The van der Waals surface area contributed by atoms with Gasteiger partial charge < -0.3 is 9.47 Å². The molecule has 1 aliphatic heterocycles. The largest absolute Gasteiger partial charge is 0.348 e. The molecule has 5 aliphatic rings. The average molecular weight is 332 g/mol. The number of hydrogen-bond donors (Lipinski definition) is 0. The first-order valence-corrected chi connectivity index (χ1v) is 10.3. The Morgan fingerprint density at radius 2 is 1.71 bits per heavy atom. The number of ether oxygens (including phenoxy) is 2. The van der Waals surface area contributed by atoms with Gasteiger partial charge in [0.05, 0.1) is 13.2 Å². The van der Waals surface area contributed by atoms with Gasteiger partial charge in [-0.3, -0.25) is 4.79 Å². The Morgan fingerprint density at radius 1 is 0.917 bits per heavy atom. The minimum absolute atomic E-state index is 0.0118. The summed E-state index contributed by atoms with van der Waals surface area (Å²) in [5, 5.41) is 0. The molecule has 0 aromatic rings. The van der Waals surface area contributed by atoms with E-state index in [0.29, 0.717) is 17.1 Å². The molecular weight excluding hydrogens is 300 g/mol. The summed E-state index contributed by atoms with van der Waals surface area (Å²) in [6.07, 6.45) is 10.5. The van der Waals surface area contributed by atoms with Crippen LogP contribution in [0.4, 0.5) is 0 Å². The van der Waals surface area contributed by atoms with E-state index in [1.165, 1.54) is 25.7 Å². The standard InChI is InChI=1S/C21H32O3/c1-19-9-10-21(23-11-12-24-21)13-14(19)3-4-15-16-5-6-18(22)20(16,2)8-7-17(15)19/h14-17H,3-13H2,1-2H3/t14-,15+,16+,17+,19-,20-/m0/s1. The smallest absolute Gasteiger partial charge is 0.168 e. The summed E-state index contributed by atoms with van der Waals surface area (Å²) in [5.74, 6) is 3.33. The van der Waals surface area contributed by atoms with Crippen LogP contribution in [0.15, 0.2) is 0 Å². The van der Waals surface area contributed by atoms with E-state index in [1.807, 2.05) is 0 Å². The van der Waals surface area contributed by atoms with Gasteiger partial charge in [0, 0.05) is 24.7 Å². The van der Waals surface area contributed by atoms with Crippen molar-refractivity contribution in [2.45, 2.75) is 77.4 Å². The zero-order valence-corrected chi connectivity index (χ0v) is 15.3. The van der Waals surface area contributed by atoms with Crippen LogP contribution >= 0.6 is 0 Å². The summed E-state index contributed by atoms with van der Waals surface area (Å²) in [5.41, 5.74) is 0.453. The fourth-order valence-corrected chi connectivity index (χ4v) is 7.73. The molecule has 6 atom stereocenters. The van der Waals surface area contributed by atoms with Crippen molar-refractivity contribution in [3.05, 3.63) is 0 Å². The number of Topliss-reactive ketones (excluding diaryl/α,β-unsaturated/α-hetero) is 1. The number of ketones is 1. The Kier molecular flexibility index (Phi) is 3.34. The van der Waals surface area contributed by atoms with E-state index in [-0.39, 0.29) is 11.2 Å². The van der Waals surface area contributed by atoms with E-state index in [4.69, 9.17) is 9.47 Å². The summed E-state index contributed by atoms with van der Waals surface area (Å²) >= 11 is 0. The van der Waals surface area contributed by atoms with Gasteiger partial charge in [0.25, 0.3) is 0 Å². The van der Waals surface area contributed by atoms with E-state index in [1.54, 1.807) is 0 Å². The quantitative estimate of drug-likeness (QED) is 0.662. The van der Waals surface area contributed by atoms with Crippen molar-refractivity contribution in [2.75, 3.05) is 13.2 Å². The predicted octanol–water partition coefficient (Wildman–Crippen LogP) is 4.34. The molecule has 0 unspecified atom stereocenters. The Balaban J connectivity index is 1.42. The fourth-order valence-electron chi connectivity index (χ4n) is 7.73. The van der Waals surface area contributed by atoms with Crippen LogP contribution in [0.2, 0.25) is 0 Å². The van der Waals surface area contributed by atoms with Crippen LogP contribution in [0.3, 0.4) is 0 Å². The molecule has 3 heteroatoms. The predicted molar refractivity (Wildman–Crippen MR) is 91.4 cm³/mol. The van der Waals surface area contributed by atoms with Crippen molar-refractivity contribution in [1.29, 1.82) is 0 Å². The van der Waals surface area contributed by atoms with E-state index < -0.39 is 0 Å². The highest BCUT2D eigenvalue weighted by Gasteiger charge is 2.62. The van der Waals surface area contributed by atoms with Crippen molar-refractivity contribution in [2.24, 2.45) is 34.5 Å². The summed E-state index contributed by atoms with van der Waals surface area (Å²) in [4.78, 5) is 12.5. The number of hydrogen-bond acceptors (Lipinski definition) is 3. The molecule has 0 bridgehead atoms. The third kappa shape index (κ3) is 1.95. The zero-order chi connectivity index (χ0) is 16.6. The molecule has 4 saturated carbocycles. The first-order chi connectivity index (χ1) is 11.5. The summed E-state index contributed by atoms with van der Waals surface area (Å²) in [7, 11) is 0. The van der Waals surface area contributed by atoms with Crippen molar-refractivity contribution in [1.82, 2.24) is 0 Å². The highest BCUT2D eigenvalue weighted by molar-refractivity contribution is 5.87. The van der Waals surface area contributed by atoms with Crippen LogP contribution in [0.1, 0.15) is 71.6 Å². The maximum Gasteiger partial charge on any atom is 0.168 e. The summed E-state index contributed by atoms with van der Waals surface area (Å²) < 4.78 is 12.1. The van der Waals surface area contributed by atoms with E-state index in [0.717, 1.165) is 63.1 Å². The van der Waals surface area contributed by atoms with Gasteiger partial charge in [-0.25, -0.2) is 0 Å². The number of rotatable bonds is 0. The topological polar surface area (TPSA) is 35.5 Å². The first-order valence-electron chi connectivity index (χ1n) is 10.3. The normalized spacial score (nSPS) is 52.8. The lowest BCUT2D eigenvalue weighted by atomic mass is 9.45. The zero-order valence-electron chi connectivity index (χ0n) is 15.3. The Bertz CT molecular complexity index is 551. The van der Waals surface area contributed by atoms with Gasteiger partial charge in [-0.15, -0.1) is 0 Å². The molecule has 24 heavy (non-hydrogen) atoms. The van der Waals surface area contributed by atoms with Crippen molar-refractivity contribution >= 4 is 5.78 Å². The Hall–Kier alpha value is -0.410. The summed E-state index contributed by atoms with van der Waals surface area (Å²) in [6, 6.07) is 0.